The van der Waals surface area contributed by atoms with E-state index >= 15 is 0 Å². The van der Waals surface area contributed by atoms with Crippen LogP contribution in [0.4, 0.5) is 0 Å². The highest BCUT2D eigenvalue weighted by Gasteiger charge is 2.45. The van der Waals surface area contributed by atoms with E-state index in [0.29, 0.717) is 12.5 Å². The van der Waals surface area contributed by atoms with Crippen molar-refractivity contribution in [3.8, 4) is 0 Å². The van der Waals surface area contributed by atoms with E-state index in [0.717, 1.165) is 45.1 Å². The summed E-state index contributed by atoms with van der Waals surface area (Å²) in [5.74, 6) is 0.523. The van der Waals surface area contributed by atoms with Gasteiger partial charge in [-0.1, -0.05) is 12.8 Å². The van der Waals surface area contributed by atoms with Gasteiger partial charge in [-0.15, -0.1) is 0 Å². The van der Waals surface area contributed by atoms with E-state index in [4.69, 9.17) is 0 Å². The van der Waals surface area contributed by atoms with Gasteiger partial charge in [0.1, 0.15) is 6.04 Å². The fourth-order valence-corrected chi connectivity index (χ4v) is 6.06. The van der Waals surface area contributed by atoms with Gasteiger partial charge in [0.2, 0.25) is 15.9 Å². The van der Waals surface area contributed by atoms with Crippen molar-refractivity contribution in [2.24, 2.45) is 5.92 Å². The normalized spacial score (nSPS) is 32.9. The molecule has 20 heavy (non-hydrogen) atoms. The highest BCUT2D eigenvalue weighted by molar-refractivity contribution is 7.89. The van der Waals surface area contributed by atoms with Gasteiger partial charge >= 0.3 is 0 Å². The van der Waals surface area contributed by atoms with E-state index in [-0.39, 0.29) is 17.7 Å². The van der Waals surface area contributed by atoms with Crippen molar-refractivity contribution in [3.05, 3.63) is 0 Å². The zero-order valence-electron chi connectivity index (χ0n) is 12.1. The van der Waals surface area contributed by atoms with Crippen LogP contribution < -0.4 is 0 Å². The van der Waals surface area contributed by atoms with Crippen molar-refractivity contribution in [1.29, 1.82) is 0 Å². The van der Waals surface area contributed by atoms with Crippen LogP contribution in [0.3, 0.4) is 0 Å². The molecule has 3 rings (SSSR count). The van der Waals surface area contributed by atoms with E-state index in [1.165, 1.54) is 4.31 Å². The molecule has 114 valence electrons. The van der Waals surface area contributed by atoms with Crippen molar-refractivity contribution in [2.75, 3.05) is 18.8 Å². The summed E-state index contributed by atoms with van der Waals surface area (Å²) in [5.41, 5.74) is 0. The lowest BCUT2D eigenvalue weighted by atomic mass is 10.1. The fraction of sp³-hybridized carbons (Fsp3) is 0.929. The van der Waals surface area contributed by atoms with Crippen LogP contribution in [0.5, 0.6) is 0 Å². The molecular weight excluding hydrogens is 276 g/mol. The van der Waals surface area contributed by atoms with E-state index in [9.17, 15) is 13.2 Å². The topological polar surface area (TPSA) is 57.7 Å². The molecule has 6 heteroatoms. The molecule has 5 nitrogen and oxygen atoms in total. The number of hydrogen-bond acceptors (Lipinski definition) is 3. The van der Waals surface area contributed by atoms with Gasteiger partial charge in [0, 0.05) is 19.1 Å². The first kappa shape index (κ1) is 14.3. The lowest BCUT2D eigenvalue weighted by Crippen LogP contribution is -2.60. The summed E-state index contributed by atoms with van der Waals surface area (Å²) in [4.78, 5) is 14.2. The minimum atomic E-state index is -3.30. The van der Waals surface area contributed by atoms with Crippen molar-refractivity contribution in [2.45, 2.75) is 57.5 Å². The van der Waals surface area contributed by atoms with Crippen LogP contribution in [0, 0.1) is 5.92 Å². The quantitative estimate of drug-likeness (QED) is 0.787. The number of carbonyl (C=O) groups is 1. The van der Waals surface area contributed by atoms with Crippen molar-refractivity contribution < 1.29 is 13.2 Å². The molecule has 2 heterocycles. The SMILES string of the molecule is C[C@H]1C(=O)N2CCC[C@@H]2CN1S(=O)(=O)CC1CCCC1. The number of sulfonamides is 1. The predicted molar refractivity (Wildman–Crippen MR) is 76.6 cm³/mol. The fourth-order valence-electron chi connectivity index (χ4n) is 3.97. The molecule has 2 atom stereocenters. The summed E-state index contributed by atoms with van der Waals surface area (Å²) >= 11 is 0. The second-order valence-electron chi connectivity index (χ2n) is 6.50. The maximum Gasteiger partial charge on any atom is 0.241 e. The molecule has 3 fully saturated rings. The Morgan fingerprint density at radius 2 is 1.85 bits per heavy atom. The summed E-state index contributed by atoms with van der Waals surface area (Å²) in [7, 11) is -3.30. The van der Waals surface area contributed by atoms with E-state index in [1.54, 1.807) is 6.92 Å². The molecule has 3 aliphatic rings. The summed E-state index contributed by atoms with van der Waals surface area (Å²) in [5, 5.41) is 0. The van der Waals surface area contributed by atoms with Gasteiger partial charge in [-0.05, 0) is 38.5 Å². The lowest BCUT2D eigenvalue weighted by Gasteiger charge is -2.40. The second-order valence-corrected chi connectivity index (χ2v) is 8.47. The molecule has 2 aliphatic heterocycles. The van der Waals surface area contributed by atoms with Crippen LogP contribution in [0.25, 0.3) is 0 Å². The third-order valence-corrected chi connectivity index (χ3v) is 7.19. The molecule has 2 saturated heterocycles. The molecule has 1 amide bonds. The van der Waals surface area contributed by atoms with Crippen LogP contribution in [0.1, 0.15) is 45.4 Å². The number of fused-ring (bicyclic) bond motifs is 1. The average Bonchev–Trinajstić information content (AvgIpc) is 3.03. The lowest BCUT2D eigenvalue weighted by molar-refractivity contribution is -0.139. The molecule has 0 radical (unpaired) electrons. The number of carbonyl (C=O) groups excluding carboxylic acids is 1. The van der Waals surface area contributed by atoms with Gasteiger partial charge in [0.05, 0.1) is 5.75 Å². The number of nitrogens with zero attached hydrogens (tertiary/aromatic N) is 2. The van der Waals surface area contributed by atoms with Gasteiger partial charge in [0.15, 0.2) is 0 Å². The van der Waals surface area contributed by atoms with E-state index in [2.05, 4.69) is 0 Å². The molecule has 0 N–H and O–H groups in total. The van der Waals surface area contributed by atoms with Crippen molar-refractivity contribution >= 4 is 15.9 Å². The molecule has 1 aliphatic carbocycles. The second kappa shape index (κ2) is 5.30. The Bertz CT molecular complexity index is 485. The molecule has 0 bridgehead atoms. The van der Waals surface area contributed by atoms with Crippen LogP contribution in [-0.2, 0) is 14.8 Å². The standard InChI is InChI=1S/C14H24N2O3S/c1-11-14(17)15-8-4-7-13(15)9-16(11)20(18,19)10-12-5-2-3-6-12/h11-13H,2-10H2,1H3/t11-,13+/m0/s1. The maximum atomic E-state index is 12.6. The monoisotopic (exact) mass is 300 g/mol. The van der Waals surface area contributed by atoms with Crippen molar-refractivity contribution in [1.82, 2.24) is 9.21 Å². The van der Waals surface area contributed by atoms with Crippen LogP contribution >= 0.6 is 0 Å². The summed E-state index contributed by atoms with van der Waals surface area (Å²) in [6.07, 6.45) is 6.26. The smallest absolute Gasteiger partial charge is 0.241 e. The maximum absolute atomic E-state index is 12.6. The van der Waals surface area contributed by atoms with Crippen LogP contribution in [0.2, 0.25) is 0 Å². The van der Waals surface area contributed by atoms with Gasteiger partial charge < -0.3 is 4.90 Å². The third kappa shape index (κ3) is 2.48. The number of piperazine rings is 1. The first-order valence-corrected chi connectivity index (χ1v) is 9.40. The highest BCUT2D eigenvalue weighted by Crippen LogP contribution is 2.31. The molecule has 0 spiro atoms. The van der Waals surface area contributed by atoms with Gasteiger partial charge in [-0.25, -0.2) is 8.42 Å². The van der Waals surface area contributed by atoms with E-state index in [1.807, 2.05) is 4.90 Å². The Morgan fingerprint density at radius 1 is 1.15 bits per heavy atom. The Labute approximate surface area is 121 Å². The first-order valence-electron chi connectivity index (χ1n) is 7.79. The minimum Gasteiger partial charge on any atom is -0.337 e. The number of hydrogen-bond donors (Lipinski definition) is 0. The summed E-state index contributed by atoms with van der Waals surface area (Å²) in [6.45, 7) is 3.04. The molecule has 1 saturated carbocycles. The Morgan fingerprint density at radius 3 is 2.55 bits per heavy atom. The summed E-state index contributed by atoms with van der Waals surface area (Å²) in [6, 6.07) is -0.409. The zero-order valence-corrected chi connectivity index (χ0v) is 12.9. The molecule has 0 aromatic heterocycles. The van der Waals surface area contributed by atoms with Gasteiger partial charge in [-0.2, -0.15) is 4.31 Å². The minimum absolute atomic E-state index is 0.00579. The van der Waals surface area contributed by atoms with Gasteiger partial charge in [-0.3, -0.25) is 4.79 Å². The van der Waals surface area contributed by atoms with Crippen LogP contribution in [-0.4, -0.2) is 54.5 Å². The Kier molecular flexibility index (Phi) is 3.79. The average molecular weight is 300 g/mol. The van der Waals surface area contributed by atoms with Gasteiger partial charge in [0.25, 0.3) is 0 Å². The third-order valence-electron chi connectivity index (χ3n) is 5.12. The molecule has 0 aromatic carbocycles. The Balaban J connectivity index is 1.76. The molecular formula is C14H24N2O3S. The molecule has 0 aromatic rings. The number of amides is 1. The summed E-state index contributed by atoms with van der Waals surface area (Å²) < 4.78 is 26.8. The molecule has 0 unspecified atom stereocenters. The largest absolute Gasteiger partial charge is 0.337 e. The zero-order chi connectivity index (χ0) is 14.3. The predicted octanol–water partition coefficient (Wildman–Crippen LogP) is 1.20. The first-order chi connectivity index (χ1) is 9.49. The highest BCUT2D eigenvalue weighted by atomic mass is 32.2. The number of rotatable bonds is 3. The van der Waals surface area contributed by atoms with Crippen molar-refractivity contribution in [3.63, 3.8) is 0 Å². The Hall–Kier alpha value is -0.620. The van der Waals surface area contributed by atoms with E-state index < -0.39 is 16.1 Å². The van der Waals surface area contributed by atoms with Crippen LogP contribution in [0.15, 0.2) is 0 Å².